The number of rotatable bonds is 0. The van der Waals surface area contributed by atoms with Crippen LogP contribution in [0, 0.1) is 0 Å². The van der Waals surface area contributed by atoms with E-state index in [0.29, 0.717) is 17.0 Å². The van der Waals surface area contributed by atoms with Crippen LogP contribution in [0.25, 0.3) is 5.53 Å². The summed E-state index contributed by atoms with van der Waals surface area (Å²) in [6.07, 6.45) is 6.14. The summed E-state index contributed by atoms with van der Waals surface area (Å²) in [6.45, 7) is 0. The first-order valence-corrected chi connectivity index (χ1v) is 3.00. The molecular weight excluding hydrogens is 132 g/mol. The molecule has 0 aromatic heterocycles. The van der Waals surface area contributed by atoms with Crippen LogP contribution in [-0.2, 0) is 0 Å². The van der Waals surface area contributed by atoms with E-state index in [2.05, 4.69) is 4.79 Å². The molecule has 1 aliphatic carbocycles. The maximum atomic E-state index is 8.31. The van der Waals surface area contributed by atoms with Crippen molar-refractivity contribution in [3.63, 3.8) is 0 Å². The van der Waals surface area contributed by atoms with Crippen molar-refractivity contribution in [3.8, 4) is 0 Å². The third kappa shape index (κ3) is 1.25. The molecule has 0 bridgehead atoms. The quantitative estimate of drug-likeness (QED) is 0.360. The van der Waals surface area contributed by atoms with Gasteiger partial charge < -0.3 is 5.53 Å². The summed E-state index contributed by atoms with van der Waals surface area (Å²) in [5, 5.41) is 0. The molecule has 0 amide bonds. The normalized spacial score (nSPS) is 16.9. The van der Waals surface area contributed by atoms with Crippen LogP contribution in [0.15, 0.2) is 23.1 Å². The van der Waals surface area contributed by atoms with Gasteiger partial charge in [0, 0.05) is 0 Å². The first kappa shape index (κ1) is 6.20. The molecule has 3 heteroatoms. The van der Waals surface area contributed by atoms with Crippen molar-refractivity contribution in [2.45, 2.75) is 6.42 Å². The van der Waals surface area contributed by atoms with Crippen LogP contribution < -0.4 is 0 Å². The minimum atomic E-state index is 0.576. The Labute approximate surface area is 58.9 Å². The fourth-order valence-corrected chi connectivity index (χ4v) is 0.825. The molecule has 9 heavy (non-hydrogen) atoms. The van der Waals surface area contributed by atoms with Gasteiger partial charge in [0.15, 0.2) is 0 Å². The molecule has 0 aromatic rings. The Morgan fingerprint density at radius 3 is 2.89 bits per heavy atom. The molecule has 0 fully saturated rings. The minimum absolute atomic E-state index is 0.576. The predicted octanol–water partition coefficient (Wildman–Crippen LogP) is 1.70. The van der Waals surface area contributed by atoms with Crippen molar-refractivity contribution >= 4 is 18.3 Å². The Balaban J connectivity index is 2.96. The molecule has 0 N–H and O–H groups in total. The van der Waals surface area contributed by atoms with Crippen LogP contribution >= 0.6 is 12.6 Å². The highest BCUT2D eigenvalue weighted by molar-refractivity contribution is 7.85. The van der Waals surface area contributed by atoms with Gasteiger partial charge in [-0.1, -0.05) is 24.8 Å². The zero-order valence-electron chi connectivity index (χ0n) is 4.74. The van der Waals surface area contributed by atoms with Gasteiger partial charge in [-0.3, -0.25) is 0 Å². The lowest BCUT2D eigenvalue weighted by Gasteiger charge is -1.92. The second-order valence-electron chi connectivity index (χ2n) is 1.71. The predicted molar refractivity (Wildman–Crippen MR) is 38.1 cm³/mol. The van der Waals surface area contributed by atoms with Crippen molar-refractivity contribution in [2.24, 2.45) is 0 Å². The molecule has 2 nitrogen and oxygen atoms in total. The first-order chi connectivity index (χ1) is 4.34. The van der Waals surface area contributed by atoms with Gasteiger partial charge in [0.2, 0.25) is 0 Å². The second-order valence-corrected chi connectivity index (χ2v) is 2.15. The number of hydrogen-bond acceptors (Lipinski definition) is 0. The van der Waals surface area contributed by atoms with Gasteiger partial charge in [0.05, 0.1) is 6.42 Å². The molecule has 0 spiro atoms. The van der Waals surface area contributed by atoms with E-state index in [1.54, 1.807) is 6.08 Å². The average Bonchev–Trinajstić information content (AvgIpc) is 1.89. The lowest BCUT2D eigenvalue weighted by atomic mass is 10.1. The Hall–Kier alpha value is -0.920. The fraction of sp³-hybridized carbons (Fsp3) is 0.167. The van der Waals surface area contributed by atoms with Gasteiger partial charge in [-0.15, -0.1) is 0 Å². The van der Waals surface area contributed by atoms with Crippen molar-refractivity contribution in [1.82, 2.24) is 0 Å². The lowest BCUT2D eigenvalue weighted by Crippen LogP contribution is -2.00. The van der Waals surface area contributed by atoms with Crippen molar-refractivity contribution in [3.05, 3.63) is 28.7 Å². The molecule has 1 radical (unpaired) electrons. The van der Waals surface area contributed by atoms with E-state index in [1.165, 1.54) is 0 Å². The van der Waals surface area contributed by atoms with Gasteiger partial charge in [0.1, 0.15) is 4.91 Å². The molecule has 0 saturated heterocycles. The highest BCUT2D eigenvalue weighted by Gasteiger charge is 2.12. The van der Waals surface area contributed by atoms with Gasteiger partial charge in [0.25, 0.3) is 0 Å². The van der Waals surface area contributed by atoms with Gasteiger partial charge >= 0.3 is 5.71 Å². The van der Waals surface area contributed by atoms with E-state index in [-0.39, 0.29) is 0 Å². The average molecular weight is 137 g/mol. The zero-order valence-corrected chi connectivity index (χ0v) is 5.56. The Kier molecular flexibility index (Phi) is 1.78. The summed E-state index contributed by atoms with van der Waals surface area (Å²) in [7, 11) is 0. The fourth-order valence-electron chi connectivity index (χ4n) is 0.622. The van der Waals surface area contributed by atoms with E-state index >= 15 is 0 Å². The molecule has 0 unspecified atom stereocenters. The summed E-state index contributed by atoms with van der Waals surface area (Å²) >= 11 is 4.83. The van der Waals surface area contributed by atoms with Crippen LogP contribution in [0.4, 0.5) is 0 Å². The molecule has 0 heterocycles. The minimum Gasteiger partial charge on any atom is -0.361 e. The monoisotopic (exact) mass is 137 g/mol. The maximum absolute atomic E-state index is 8.31. The number of nitrogens with zero attached hydrogens (tertiary/aromatic N) is 2. The highest BCUT2D eigenvalue weighted by Crippen LogP contribution is 2.10. The van der Waals surface area contributed by atoms with E-state index in [1.807, 2.05) is 12.2 Å². The first-order valence-electron chi connectivity index (χ1n) is 2.59. The Morgan fingerprint density at radius 1 is 1.67 bits per heavy atom. The standard InChI is InChI=1S/C6H5N2S/c7-8-5-3-1-2-4-6(5)9/h1-2,4H,3H2. The second kappa shape index (κ2) is 2.58. The van der Waals surface area contributed by atoms with Crippen LogP contribution in [0.5, 0.6) is 0 Å². The molecular formula is C6H5N2S. The number of allylic oxidation sites excluding steroid dienone is 4. The van der Waals surface area contributed by atoms with Crippen molar-refractivity contribution < 1.29 is 4.79 Å². The SMILES string of the molecule is [N-]=[N+]=C1CC=CC=C1[S]. The molecule has 1 aliphatic rings. The molecule has 0 atom stereocenters. The Morgan fingerprint density at radius 2 is 2.44 bits per heavy atom. The van der Waals surface area contributed by atoms with Gasteiger partial charge in [-0.25, -0.2) is 0 Å². The number of hydrogen-bond donors (Lipinski definition) is 0. The van der Waals surface area contributed by atoms with E-state index in [0.717, 1.165) is 0 Å². The van der Waals surface area contributed by atoms with E-state index in [9.17, 15) is 0 Å². The van der Waals surface area contributed by atoms with Crippen LogP contribution in [0.1, 0.15) is 6.42 Å². The lowest BCUT2D eigenvalue weighted by molar-refractivity contribution is -0.00569. The smallest absolute Gasteiger partial charge is 0.313 e. The molecule has 45 valence electrons. The van der Waals surface area contributed by atoms with Crippen LogP contribution in [0.3, 0.4) is 0 Å². The highest BCUT2D eigenvalue weighted by atomic mass is 32.1. The zero-order chi connectivity index (χ0) is 6.69. The molecule has 0 aromatic carbocycles. The topological polar surface area (TPSA) is 36.4 Å². The third-order valence-corrected chi connectivity index (χ3v) is 1.47. The third-order valence-electron chi connectivity index (χ3n) is 1.10. The van der Waals surface area contributed by atoms with E-state index in [4.69, 9.17) is 18.2 Å². The summed E-state index contributed by atoms with van der Waals surface area (Å²) in [4.78, 5) is 3.65. The van der Waals surface area contributed by atoms with Crippen molar-refractivity contribution in [2.75, 3.05) is 0 Å². The summed E-state index contributed by atoms with van der Waals surface area (Å²) in [5.41, 5.74) is 8.88. The Bertz CT molecular complexity index is 221. The molecule has 0 saturated carbocycles. The summed E-state index contributed by atoms with van der Waals surface area (Å²) in [6, 6.07) is 0. The molecule has 0 aliphatic heterocycles. The molecule has 1 rings (SSSR count). The van der Waals surface area contributed by atoms with Gasteiger partial charge in [-0.05, 0) is 6.08 Å². The van der Waals surface area contributed by atoms with Crippen molar-refractivity contribution in [1.29, 1.82) is 0 Å². The largest absolute Gasteiger partial charge is 0.361 e. The van der Waals surface area contributed by atoms with Crippen LogP contribution in [0.2, 0.25) is 0 Å². The van der Waals surface area contributed by atoms with E-state index < -0.39 is 0 Å². The van der Waals surface area contributed by atoms with Gasteiger partial charge in [-0.2, -0.15) is 4.79 Å². The summed E-state index contributed by atoms with van der Waals surface area (Å²) in [5.74, 6) is 0. The summed E-state index contributed by atoms with van der Waals surface area (Å²) < 4.78 is 0. The maximum Gasteiger partial charge on any atom is 0.313 e. The van der Waals surface area contributed by atoms with Crippen LogP contribution in [-0.4, -0.2) is 10.5 Å².